The molecule has 0 atom stereocenters. The molecule has 0 unspecified atom stereocenters. The molecule has 0 amide bonds. The fraction of sp³-hybridized carbons (Fsp3) is 0.375. The first kappa shape index (κ1) is 10.8. The van der Waals surface area contributed by atoms with Gasteiger partial charge in [-0.3, -0.25) is 0 Å². The summed E-state index contributed by atoms with van der Waals surface area (Å²) < 4.78 is 2.72. The summed E-state index contributed by atoms with van der Waals surface area (Å²) in [7, 11) is 0. The Morgan fingerprint density at radius 3 is 2.93 bits per heavy atom. The van der Waals surface area contributed by atoms with Gasteiger partial charge in [-0.2, -0.15) is 0 Å². The molecule has 7 heteroatoms. The van der Waals surface area contributed by atoms with E-state index in [0.29, 0.717) is 11.3 Å². The summed E-state index contributed by atoms with van der Waals surface area (Å²) >= 11 is 6.78. The molecule has 0 fully saturated rings. The minimum atomic E-state index is 0.415. The third kappa shape index (κ3) is 1.98. The Morgan fingerprint density at radius 1 is 1.40 bits per heavy atom. The number of aryl methyl sites for hydroxylation is 1. The van der Waals surface area contributed by atoms with Crippen LogP contribution in [-0.2, 0) is 6.54 Å². The van der Waals surface area contributed by atoms with Gasteiger partial charge in [0.1, 0.15) is 6.33 Å². The number of hydrogen-bond donors (Lipinski definition) is 1. The van der Waals surface area contributed by atoms with Crippen molar-refractivity contribution in [2.45, 2.75) is 13.0 Å². The first-order valence-electron chi connectivity index (χ1n) is 4.42. The van der Waals surface area contributed by atoms with Gasteiger partial charge >= 0.3 is 0 Å². The predicted molar refractivity (Wildman–Crippen MR) is 65.8 cm³/mol. The van der Waals surface area contributed by atoms with Crippen LogP contribution < -0.4 is 5.73 Å². The number of rotatable bonds is 3. The summed E-state index contributed by atoms with van der Waals surface area (Å²) in [4.78, 5) is 12.4. The molecule has 2 aromatic heterocycles. The molecule has 2 aromatic rings. The lowest BCUT2D eigenvalue weighted by Crippen LogP contribution is -2.01. The third-order valence-corrected chi connectivity index (χ3v) is 3.20. The summed E-state index contributed by atoms with van der Waals surface area (Å²) in [6.07, 6.45) is 2.46. The minimum Gasteiger partial charge on any atom is -0.382 e. The van der Waals surface area contributed by atoms with Crippen molar-refractivity contribution in [1.82, 2.24) is 19.5 Å². The zero-order valence-corrected chi connectivity index (χ0v) is 11.0. The van der Waals surface area contributed by atoms with E-state index < -0.39 is 0 Å². The van der Waals surface area contributed by atoms with Crippen LogP contribution in [0.15, 0.2) is 11.1 Å². The number of fused-ring (bicyclic) bond motifs is 1. The highest BCUT2D eigenvalue weighted by Crippen LogP contribution is 2.21. The standard InChI is InChI=1S/C8H9Br2N5/c9-2-1-3-15-7-5(14-8(15)10)6(11)12-4-13-7/h4H,1-3H2,(H2,11,12,13). The Labute approximate surface area is 103 Å². The molecule has 0 aromatic carbocycles. The zero-order chi connectivity index (χ0) is 10.8. The number of hydrogen-bond acceptors (Lipinski definition) is 4. The number of nitrogens with zero attached hydrogens (tertiary/aromatic N) is 4. The lowest BCUT2D eigenvalue weighted by atomic mass is 10.4. The van der Waals surface area contributed by atoms with Crippen molar-refractivity contribution >= 4 is 48.8 Å². The second-order valence-corrected chi connectivity index (χ2v) is 4.51. The maximum Gasteiger partial charge on any atom is 0.179 e. The Balaban J connectivity index is 2.53. The van der Waals surface area contributed by atoms with E-state index in [1.165, 1.54) is 6.33 Å². The quantitative estimate of drug-likeness (QED) is 0.688. The number of nitrogens with two attached hydrogens (primary N) is 1. The summed E-state index contributed by atoms with van der Waals surface area (Å²) in [5, 5.41) is 0.944. The molecule has 0 saturated heterocycles. The molecule has 0 saturated carbocycles. The minimum absolute atomic E-state index is 0.415. The van der Waals surface area contributed by atoms with E-state index in [2.05, 4.69) is 46.8 Å². The van der Waals surface area contributed by atoms with Crippen LogP contribution in [0.25, 0.3) is 11.2 Å². The van der Waals surface area contributed by atoms with Gasteiger partial charge in [0.2, 0.25) is 0 Å². The van der Waals surface area contributed by atoms with Gasteiger partial charge in [0.25, 0.3) is 0 Å². The lowest BCUT2D eigenvalue weighted by molar-refractivity contribution is 0.683. The molecule has 0 aliphatic heterocycles. The Kier molecular flexibility index (Phi) is 3.20. The van der Waals surface area contributed by atoms with Crippen LogP contribution in [0.5, 0.6) is 0 Å². The largest absolute Gasteiger partial charge is 0.382 e. The zero-order valence-electron chi connectivity index (χ0n) is 7.82. The van der Waals surface area contributed by atoms with Crippen LogP contribution in [0, 0.1) is 0 Å². The molecule has 0 radical (unpaired) electrons. The fourth-order valence-corrected chi connectivity index (χ4v) is 2.12. The molecule has 0 aliphatic carbocycles. The van der Waals surface area contributed by atoms with Gasteiger partial charge in [-0.15, -0.1) is 0 Å². The van der Waals surface area contributed by atoms with Crippen molar-refractivity contribution in [3.63, 3.8) is 0 Å². The monoisotopic (exact) mass is 333 g/mol. The number of anilines is 1. The molecule has 2 N–H and O–H groups in total. The van der Waals surface area contributed by atoms with Crippen molar-refractivity contribution in [1.29, 1.82) is 0 Å². The summed E-state index contributed by atoms with van der Waals surface area (Å²) in [6.45, 7) is 0.846. The van der Waals surface area contributed by atoms with Crippen molar-refractivity contribution < 1.29 is 0 Å². The highest BCUT2D eigenvalue weighted by molar-refractivity contribution is 9.10. The SMILES string of the molecule is Nc1ncnc2c1nc(Br)n2CCCBr. The van der Waals surface area contributed by atoms with E-state index in [1.807, 2.05) is 4.57 Å². The maximum absolute atomic E-state index is 5.71. The Hall–Kier alpha value is -0.690. The Morgan fingerprint density at radius 2 is 2.20 bits per heavy atom. The average Bonchev–Trinajstić information content (AvgIpc) is 2.54. The van der Waals surface area contributed by atoms with Crippen LogP contribution in [0.2, 0.25) is 0 Å². The van der Waals surface area contributed by atoms with Gasteiger partial charge in [0.05, 0.1) is 0 Å². The van der Waals surface area contributed by atoms with E-state index >= 15 is 0 Å². The summed E-state index contributed by atoms with van der Waals surface area (Å²) in [5.41, 5.74) is 7.14. The Bertz CT molecular complexity index is 481. The highest BCUT2D eigenvalue weighted by Gasteiger charge is 2.11. The predicted octanol–water partition coefficient (Wildman–Crippen LogP) is 1.96. The van der Waals surface area contributed by atoms with E-state index in [1.54, 1.807) is 0 Å². The molecule has 0 spiro atoms. The van der Waals surface area contributed by atoms with E-state index in [9.17, 15) is 0 Å². The number of imidazole rings is 1. The van der Waals surface area contributed by atoms with Crippen molar-refractivity contribution in [3.05, 3.63) is 11.1 Å². The molecule has 0 aliphatic rings. The second-order valence-electron chi connectivity index (χ2n) is 3.01. The summed E-state index contributed by atoms with van der Waals surface area (Å²) in [6, 6.07) is 0. The van der Waals surface area contributed by atoms with Crippen molar-refractivity contribution in [2.24, 2.45) is 0 Å². The molecule has 80 valence electrons. The van der Waals surface area contributed by atoms with Gasteiger partial charge in [-0.05, 0) is 22.4 Å². The molecular weight excluding hydrogens is 326 g/mol. The molecule has 15 heavy (non-hydrogen) atoms. The van der Waals surface area contributed by atoms with E-state index in [0.717, 1.165) is 28.7 Å². The van der Waals surface area contributed by atoms with Crippen LogP contribution in [-0.4, -0.2) is 24.8 Å². The van der Waals surface area contributed by atoms with Crippen molar-refractivity contribution in [2.75, 3.05) is 11.1 Å². The van der Waals surface area contributed by atoms with Crippen LogP contribution in [0.1, 0.15) is 6.42 Å². The first-order valence-corrected chi connectivity index (χ1v) is 6.33. The van der Waals surface area contributed by atoms with Gasteiger partial charge in [-0.1, -0.05) is 15.9 Å². The van der Waals surface area contributed by atoms with Crippen LogP contribution in [0.4, 0.5) is 5.82 Å². The molecule has 5 nitrogen and oxygen atoms in total. The number of aromatic nitrogens is 4. The van der Waals surface area contributed by atoms with Crippen LogP contribution >= 0.6 is 31.9 Å². The van der Waals surface area contributed by atoms with E-state index in [4.69, 9.17) is 5.73 Å². The smallest absolute Gasteiger partial charge is 0.179 e. The van der Waals surface area contributed by atoms with Gasteiger partial charge in [0, 0.05) is 11.9 Å². The first-order chi connectivity index (χ1) is 7.24. The highest BCUT2D eigenvalue weighted by atomic mass is 79.9. The molecule has 2 rings (SSSR count). The summed E-state index contributed by atoms with van der Waals surface area (Å²) in [5.74, 6) is 0.415. The molecular formula is C8H9Br2N5. The topological polar surface area (TPSA) is 69.6 Å². The van der Waals surface area contributed by atoms with Crippen molar-refractivity contribution in [3.8, 4) is 0 Å². The number of nitrogen functional groups attached to an aromatic ring is 1. The molecule has 0 bridgehead atoms. The lowest BCUT2D eigenvalue weighted by Gasteiger charge is -2.02. The average molecular weight is 335 g/mol. The van der Waals surface area contributed by atoms with E-state index in [-0.39, 0.29) is 0 Å². The van der Waals surface area contributed by atoms with Gasteiger partial charge < -0.3 is 10.3 Å². The normalized spacial score (nSPS) is 11.1. The third-order valence-electron chi connectivity index (χ3n) is 2.03. The number of alkyl halides is 1. The number of halogens is 2. The van der Waals surface area contributed by atoms with Gasteiger partial charge in [0.15, 0.2) is 21.7 Å². The fourth-order valence-electron chi connectivity index (χ4n) is 1.34. The molecule has 2 heterocycles. The maximum atomic E-state index is 5.71. The second kappa shape index (κ2) is 4.44. The van der Waals surface area contributed by atoms with Gasteiger partial charge in [-0.25, -0.2) is 15.0 Å². The van der Waals surface area contributed by atoms with Crippen LogP contribution in [0.3, 0.4) is 0 Å².